The summed E-state index contributed by atoms with van der Waals surface area (Å²) in [5.41, 5.74) is 7.76. The van der Waals surface area contributed by atoms with Crippen molar-refractivity contribution in [2.24, 2.45) is 0 Å². The molecule has 1 aromatic heterocycles. The van der Waals surface area contributed by atoms with Gasteiger partial charge in [-0.15, -0.1) is 0 Å². The number of nitrogen functional groups attached to an aromatic ring is 1. The Balaban J connectivity index is 1.41. The standard InChI is InChI=1S/C20H22ClN3O/c21-16-10-5-7-13-19(16)25-14-8-2-1-3-11-17-15-9-4-6-12-18(15)24-20(22)23-17/h4-7,9-10,12-13H,1-3,8,11,14H2,(H2,22,23,24). The predicted octanol–water partition coefficient (Wildman–Crippen LogP) is 5.05. The van der Waals surface area contributed by atoms with E-state index in [0.29, 0.717) is 17.6 Å². The largest absolute Gasteiger partial charge is 0.492 e. The number of benzene rings is 2. The summed E-state index contributed by atoms with van der Waals surface area (Å²) >= 11 is 6.07. The average Bonchev–Trinajstić information content (AvgIpc) is 2.62. The Morgan fingerprint density at radius 2 is 1.64 bits per heavy atom. The number of anilines is 1. The molecule has 0 aliphatic rings. The summed E-state index contributed by atoms with van der Waals surface area (Å²) in [5.74, 6) is 1.11. The van der Waals surface area contributed by atoms with Crippen LogP contribution in [-0.4, -0.2) is 16.6 Å². The Kier molecular flexibility index (Phi) is 6.07. The lowest BCUT2D eigenvalue weighted by atomic mass is 10.1. The molecular formula is C20H22ClN3O. The van der Waals surface area contributed by atoms with Gasteiger partial charge in [-0.2, -0.15) is 0 Å². The molecular weight excluding hydrogens is 334 g/mol. The van der Waals surface area contributed by atoms with E-state index in [9.17, 15) is 0 Å². The number of nitrogens with zero attached hydrogens (tertiary/aromatic N) is 2. The van der Waals surface area contributed by atoms with Gasteiger partial charge in [-0.25, -0.2) is 9.97 Å². The third-order valence-electron chi connectivity index (χ3n) is 4.10. The molecule has 1 heterocycles. The van der Waals surface area contributed by atoms with Crippen molar-refractivity contribution in [3.63, 3.8) is 0 Å². The van der Waals surface area contributed by atoms with Gasteiger partial charge in [0.2, 0.25) is 5.95 Å². The van der Waals surface area contributed by atoms with Crippen molar-refractivity contribution < 1.29 is 4.74 Å². The molecule has 2 aromatic carbocycles. The fourth-order valence-electron chi connectivity index (χ4n) is 2.84. The number of fused-ring (bicyclic) bond motifs is 1. The highest BCUT2D eigenvalue weighted by molar-refractivity contribution is 6.32. The van der Waals surface area contributed by atoms with Crippen LogP contribution in [0.1, 0.15) is 31.4 Å². The monoisotopic (exact) mass is 355 g/mol. The van der Waals surface area contributed by atoms with Gasteiger partial charge in [0, 0.05) is 5.39 Å². The average molecular weight is 356 g/mol. The van der Waals surface area contributed by atoms with Gasteiger partial charge < -0.3 is 10.5 Å². The van der Waals surface area contributed by atoms with Gasteiger partial charge in [0.15, 0.2) is 0 Å². The van der Waals surface area contributed by atoms with Gasteiger partial charge in [0.1, 0.15) is 5.75 Å². The highest BCUT2D eigenvalue weighted by atomic mass is 35.5. The van der Waals surface area contributed by atoms with Crippen LogP contribution < -0.4 is 10.5 Å². The molecule has 0 unspecified atom stereocenters. The molecule has 0 amide bonds. The fraction of sp³-hybridized carbons (Fsp3) is 0.300. The Labute approximate surface area is 153 Å². The lowest BCUT2D eigenvalue weighted by Gasteiger charge is -2.08. The van der Waals surface area contributed by atoms with Gasteiger partial charge in [-0.3, -0.25) is 0 Å². The molecule has 130 valence electrons. The molecule has 3 aromatic rings. The lowest BCUT2D eigenvalue weighted by Crippen LogP contribution is -2.01. The van der Waals surface area contributed by atoms with Crippen LogP contribution in [0.3, 0.4) is 0 Å². The van der Waals surface area contributed by atoms with E-state index in [0.717, 1.165) is 54.5 Å². The van der Waals surface area contributed by atoms with E-state index in [2.05, 4.69) is 16.0 Å². The van der Waals surface area contributed by atoms with Gasteiger partial charge >= 0.3 is 0 Å². The van der Waals surface area contributed by atoms with Crippen LogP contribution >= 0.6 is 11.6 Å². The molecule has 0 atom stereocenters. The van der Waals surface area contributed by atoms with E-state index < -0.39 is 0 Å². The van der Waals surface area contributed by atoms with Crippen LogP contribution in [0.25, 0.3) is 10.9 Å². The van der Waals surface area contributed by atoms with E-state index in [4.69, 9.17) is 22.1 Å². The maximum Gasteiger partial charge on any atom is 0.220 e. The highest BCUT2D eigenvalue weighted by Gasteiger charge is 2.05. The normalized spacial score (nSPS) is 10.9. The molecule has 0 radical (unpaired) electrons. The Bertz CT molecular complexity index is 838. The van der Waals surface area contributed by atoms with Crippen LogP contribution in [0.15, 0.2) is 48.5 Å². The Hall–Kier alpha value is -2.33. The van der Waals surface area contributed by atoms with E-state index in [1.165, 1.54) is 0 Å². The van der Waals surface area contributed by atoms with E-state index in [1.807, 2.05) is 42.5 Å². The number of rotatable bonds is 8. The maximum atomic E-state index is 6.07. The molecule has 0 spiro atoms. The molecule has 4 nitrogen and oxygen atoms in total. The van der Waals surface area contributed by atoms with Gasteiger partial charge in [-0.1, -0.05) is 54.8 Å². The SMILES string of the molecule is Nc1nc(CCCCCCOc2ccccc2Cl)c2ccccc2n1. The second kappa shape index (κ2) is 8.67. The first-order chi connectivity index (χ1) is 12.2. The molecule has 0 saturated heterocycles. The minimum Gasteiger partial charge on any atom is -0.492 e. The minimum absolute atomic E-state index is 0.349. The third-order valence-corrected chi connectivity index (χ3v) is 4.41. The number of hydrogen-bond acceptors (Lipinski definition) is 4. The van der Waals surface area contributed by atoms with Crippen LogP contribution in [0.5, 0.6) is 5.75 Å². The number of halogens is 1. The summed E-state index contributed by atoms with van der Waals surface area (Å²) in [6.07, 6.45) is 5.25. The molecule has 25 heavy (non-hydrogen) atoms. The van der Waals surface area contributed by atoms with E-state index in [-0.39, 0.29) is 0 Å². The third kappa shape index (κ3) is 4.83. The Morgan fingerprint density at radius 1 is 0.880 bits per heavy atom. The smallest absolute Gasteiger partial charge is 0.220 e. The molecule has 0 aliphatic heterocycles. The highest BCUT2D eigenvalue weighted by Crippen LogP contribution is 2.23. The number of nitrogens with two attached hydrogens (primary N) is 1. The van der Waals surface area contributed by atoms with Crippen molar-refractivity contribution >= 4 is 28.5 Å². The van der Waals surface area contributed by atoms with Crippen LogP contribution in [0.4, 0.5) is 5.95 Å². The number of ether oxygens (including phenoxy) is 1. The summed E-state index contributed by atoms with van der Waals surface area (Å²) in [7, 11) is 0. The summed E-state index contributed by atoms with van der Waals surface area (Å²) in [6, 6.07) is 15.6. The van der Waals surface area contributed by atoms with Crippen LogP contribution in [0.2, 0.25) is 5.02 Å². The lowest BCUT2D eigenvalue weighted by molar-refractivity contribution is 0.305. The van der Waals surface area contributed by atoms with E-state index in [1.54, 1.807) is 0 Å². The van der Waals surface area contributed by atoms with Crippen LogP contribution in [0, 0.1) is 0 Å². The maximum absolute atomic E-state index is 6.07. The molecule has 0 fully saturated rings. The summed E-state index contributed by atoms with van der Waals surface area (Å²) in [5, 5.41) is 1.76. The minimum atomic E-state index is 0.349. The molecule has 0 bridgehead atoms. The first-order valence-corrected chi connectivity index (χ1v) is 9.00. The van der Waals surface area contributed by atoms with Gasteiger partial charge in [-0.05, 0) is 37.5 Å². The second-order valence-electron chi connectivity index (χ2n) is 5.99. The number of aryl methyl sites for hydroxylation is 1. The number of unbranched alkanes of at least 4 members (excludes halogenated alkanes) is 3. The molecule has 0 saturated carbocycles. The first kappa shape index (κ1) is 17.5. The number of para-hydroxylation sites is 2. The topological polar surface area (TPSA) is 61.0 Å². The molecule has 3 rings (SSSR count). The fourth-order valence-corrected chi connectivity index (χ4v) is 3.03. The molecule has 5 heteroatoms. The Morgan fingerprint density at radius 3 is 2.52 bits per heavy atom. The molecule has 0 aliphatic carbocycles. The number of aromatic nitrogens is 2. The van der Waals surface area contributed by atoms with Gasteiger partial charge in [0.25, 0.3) is 0 Å². The summed E-state index contributed by atoms with van der Waals surface area (Å²) in [6.45, 7) is 0.688. The molecule has 2 N–H and O–H groups in total. The number of hydrogen-bond donors (Lipinski definition) is 1. The predicted molar refractivity (Wildman–Crippen MR) is 103 cm³/mol. The van der Waals surface area contributed by atoms with Crippen molar-refractivity contribution in [1.82, 2.24) is 9.97 Å². The van der Waals surface area contributed by atoms with E-state index >= 15 is 0 Å². The zero-order chi connectivity index (χ0) is 17.5. The van der Waals surface area contributed by atoms with Crippen molar-refractivity contribution in [2.75, 3.05) is 12.3 Å². The summed E-state index contributed by atoms with van der Waals surface area (Å²) in [4.78, 5) is 8.69. The van der Waals surface area contributed by atoms with Gasteiger partial charge in [0.05, 0.1) is 22.8 Å². The second-order valence-corrected chi connectivity index (χ2v) is 6.40. The van der Waals surface area contributed by atoms with Crippen molar-refractivity contribution in [3.05, 3.63) is 59.2 Å². The first-order valence-electron chi connectivity index (χ1n) is 8.62. The zero-order valence-electron chi connectivity index (χ0n) is 14.1. The van der Waals surface area contributed by atoms with Crippen molar-refractivity contribution in [1.29, 1.82) is 0 Å². The summed E-state index contributed by atoms with van der Waals surface area (Å²) < 4.78 is 5.71. The van der Waals surface area contributed by atoms with Crippen LogP contribution in [-0.2, 0) is 6.42 Å². The van der Waals surface area contributed by atoms with Crippen molar-refractivity contribution in [3.8, 4) is 5.75 Å². The quantitative estimate of drug-likeness (QED) is 0.574. The zero-order valence-corrected chi connectivity index (χ0v) is 14.9. The van der Waals surface area contributed by atoms with Crippen molar-refractivity contribution in [2.45, 2.75) is 32.1 Å².